The number of fused-ring (bicyclic) bond motifs is 5. The minimum absolute atomic E-state index is 0.568. The van der Waals surface area contributed by atoms with Crippen LogP contribution in [-0.4, -0.2) is 14.2 Å². The van der Waals surface area contributed by atoms with Crippen molar-refractivity contribution in [1.29, 1.82) is 5.26 Å². The highest BCUT2D eigenvalue weighted by Crippen LogP contribution is 2.40. The molecule has 7 rings (SSSR count). The second kappa shape index (κ2) is 7.56. The maximum Gasteiger partial charge on any atom is 0.188 e. The number of benzene rings is 4. The highest BCUT2D eigenvalue weighted by molar-refractivity contribution is 6.12. The largest absolute Gasteiger partial charge is 0.305 e. The summed E-state index contributed by atoms with van der Waals surface area (Å²) >= 11 is 0. The van der Waals surface area contributed by atoms with Crippen LogP contribution in [0.1, 0.15) is 5.56 Å². The molecule has 0 amide bonds. The van der Waals surface area contributed by atoms with Crippen molar-refractivity contribution in [2.45, 2.75) is 0 Å². The van der Waals surface area contributed by atoms with Crippen LogP contribution in [0, 0.1) is 17.9 Å². The summed E-state index contributed by atoms with van der Waals surface area (Å²) in [6.45, 7) is 7.54. The lowest BCUT2D eigenvalue weighted by molar-refractivity contribution is 0.974. The Balaban J connectivity index is 1.69. The molecule has 3 aromatic heterocycles. The molecule has 4 aromatic carbocycles. The summed E-state index contributed by atoms with van der Waals surface area (Å²) in [6.07, 6.45) is 2.07. The Morgan fingerprint density at radius 1 is 0.750 bits per heavy atom. The van der Waals surface area contributed by atoms with Gasteiger partial charge in [-0.1, -0.05) is 60.7 Å². The van der Waals surface area contributed by atoms with Gasteiger partial charge >= 0.3 is 0 Å². The number of rotatable bonds is 2. The van der Waals surface area contributed by atoms with Crippen LogP contribution in [0.4, 0.5) is 5.69 Å². The third-order valence-corrected chi connectivity index (χ3v) is 6.75. The first-order valence-electron chi connectivity index (χ1n) is 11.6. The topological polar surface area (TPSA) is 50.4 Å². The average Bonchev–Trinajstić information content (AvgIpc) is 3.46. The fourth-order valence-electron chi connectivity index (χ4n) is 5.11. The molecule has 0 bridgehead atoms. The zero-order chi connectivity index (χ0) is 24.2. The maximum absolute atomic E-state index is 9.58. The second-order valence-electron chi connectivity index (χ2n) is 8.79. The molecular formula is C31H17N5. The molecule has 36 heavy (non-hydrogen) atoms. The van der Waals surface area contributed by atoms with Gasteiger partial charge in [0.05, 0.1) is 34.8 Å². The zero-order valence-corrected chi connectivity index (χ0v) is 19.1. The Labute approximate surface area is 206 Å². The van der Waals surface area contributed by atoms with E-state index < -0.39 is 0 Å². The van der Waals surface area contributed by atoms with Gasteiger partial charge in [-0.2, -0.15) is 10.4 Å². The van der Waals surface area contributed by atoms with Crippen LogP contribution in [-0.2, 0) is 0 Å². The SMILES string of the molecule is [C-]#[N+]c1ccc2c(c1)c1cc(C#N)ccc1n2-c1c(-c2ccccc2)nn2cc3ccccc3cc12. The van der Waals surface area contributed by atoms with E-state index >= 15 is 0 Å². The van der Waals surface area contributed by atoms with E-state index in [0.29, 0.717) is 11.3 Å². The highest BCUT2D eigenvalue weighted by atomic mass is 15.2. The summed E-state index contributed by atoms with van der Waals surface area (Å²) in [5, 5.41) is 18.8. The van der Waals surface area contributed by atoms with Crippen LogP contribution >= 0.6 is 0 Å². The molecule has 7 aromatic rings. The van der Waals surface area contributed by atoms with Gasteiger partial charge in [-0.05, 0) is 47.2 Å². The molecule has 0 fully saturated rings. The lowest BCUT2D eigenvalue weighted by Crippen LogP contribution is -1.96. The number of nitrogens with zero attached hydrogens (tertiary/aromatic N) is 5. The second-order valence-corrected chi connectivity index (χ2v) is 8.79. The number of hydrogen-bond acceptors (Lipinski definition) is 2. The van der Waals surface area contributed by atoms with Gasteiger partial charge in [0.1, 0.15) is 11.4 Å². The molecule has 3 heterocycles. The Bertz CT molecular complexity index is 1990. The van der Waals surface area contributed by atoms with Crippen LogP contribution < -0.4 is 0 Å². The normalized spacial score (nSPS) is 11.3. The van der Waals surface area contributed by atoms with Crippen molar-refractivity contribution in [2.75, 3.05) is 0 Å². The van der Waals surface area contributed by atoms with E-state index in [0.717, 1.165) is 55.0 Å². The van der Waals surface area contributed by atoms with Crippen LogP contribution in [0.25, 0.3) is 59.9 Å². The third kappa shape index (κ3) is 2.84. The van der Waals surface area contributed by atoms with E-state index in [9.17, 15) is 5.26 Å². The van der Waals surface area contributed by atoms with Crippen LogP contribution in [0.15, 0.2) is 103 Å². The summed E-state index contributed by atoms with van der Waals surface area (Å²) in [5.74, 6) is 0. The maximum atomic E-state index is 9.58. The van der Waals surface area contributed by atoms with E-state index in [2.05, 4.69) is 52.0 Å². The van der Waals surface area contributed by atoms with Crippen molar-refractivity contribution in [3.05, 3.63) is 120 Å². The first-order chi connectivity index (χ1) is 17.7. The third-order valence-electron chi connectivity index (χ3n) is 6.75. The van der Waals surface area contributed by atoms with Gasteiger partial charge in [-0.25, -0.2) is 9.36 Å². The van der Waals surface area contributed by atoms with Crippen LogP contribution in [0.2, 0.25) is 0 Å². The Kier molecular flexibility index (Phi) is 4.21. The molecule has 0 N–H and O–H groups in total. The summed E-state index contributed by atoms with van der Waals surface area (Å²) in [7, 11) is 0. The van der Waals surface area contributed by atoms with Gasteiger partial charge in [0, 0.05) is 22.5 Å². The Morgan fingerprint density at radius 2 is 1.47 bits per heavy atom. The van der Waals surface area contributed by atoms with Gasteiger partial charge in [0.2, 0.25) is 0 Å². The van der Waals surface area contributed by atoms with Crippen molar-refractivity contribution in [2.24, 2.45) is 0 Å². The van der Waals surface area contributed by atoms with Crippen molar-refractivity contribution < 1.29 is 0 Å². The van der Waals surface area contributed by atoms with Gasteiger partial charge < -0.3 is 4.57 Å². The first kappa shape index (κ1) is 20.0. The molecule has 0 aliphatic carbocycles. The molecule has 166 valence electrons. The molecule has 0 saturated carbocycles. The Morgan fingerprint density at radius 3 is 2.25 bits per heavy atom. The summed E-state index contributed by atoms with van der Waals surface area (Å²) < 4.78 is 4.17. The number of nitriles is 1. The van der Waals surface area contributed by atoms with Crippen molar-refractivity contribution in [3.63, 3.8) is 0 Å². The standard InChI is InChI=1S/C31H17N5/c1-33-24-12-14-28-26(17-24)25-15-20(18-32)11-13-27(25)36(28)31-29-16-22-9-5-6-10-23(22)19-35(29)34-30(31)21-7-3-2-4-8-21/h2-17,19H. The Hall–Kier alpha value is -5.39. The molecule has 0 saturated heterocycles. The number of hydrogen-bond donors (Lipinski definition) is 0. The van der Waals surface area contributed by atoms with E-state index in [-0.39, 0.29) is 0 Å². The van der Waals surface area contributed by atoms with E-state index in [4.69, 9.17) is 11.7 Å². The summed E-state index contributed by atoms with van der Waals surface area (Å²) in [5.41, 5.74) is 6.91. The smallest absolute Gasteiger partial charge is 0.188 e. The molecule has 5 nitrogen and oxygen atoms in total. The predicted molar refractivity (Wildman–Crippen MR) is 143 cm³/mol. The van der Waals surface area contributed by atoms with E-state index in [1.807, 2.05) is 71.2 Å². The molecule has 0 atom stereocenters. The molecule has 0 aliphatic rings. The van der Waals surface area contributed by atoms with Crippen LogP contribution in [0.5, 0.6) is 0 Å². The zero-order valence-electron chi connectivity index (χ0n) is 19.1. The molecule has 5 heteroatoms. The molecule has 0 unspecified atom stereocenters. The fraction of sp³-hybridized carbons (Fsp3) is 0. The first-order valence-corrected chi connectivity index (χ1v) is 11.6. The quantitative estimate of drug-likeness (QED) is 0.249. The van der Waals surface area contributed by atoms with E-state index in [1.165, 1.54) is 0 Å². The molecular weight excluding hydrogens is 442 g/mol. The highest BCUT2D eigenvalue weighted by Gasteiger charge is 2.22. The van der Waals surface area contributed by atoms with Gasteiger partial charge in [-0.15, -0.1) is 0 Å². The minimum Gasteiger partial charge on any atom is -0.305 e. The number of pyridine rings is 1. The van der Waals surface area contributed by atoms with Gasteiger partial charge in [0.25, 0.3) is 0 Å². The van der Waals surface area contributed by atoms with Crippen LogP contribution in [0.3, 0.4) is 0 Å². The summed E-state index contributed by atoms with van der Waals surface area (Å²) in [4.78, 5) is 3.65. The average molecular weight is 460 g/mol. The lowest BCUT2D eigenvalue weighted by atomic mass is 10.1. The summed E-state index contributed by atoms with van der Waals surface area (Å²) in [6, 6.07) is 34.4. The monoisotopic (exact) mass is 459 g/mol. The molecule has 0 spiro atoms. The van der Waals surface area contributed by atoms with E-state index in [1.54, 1.807) is 0 Å². The minimum atomic E-state index is 0.568. The van der Waals surface area contributed by atoms with Gasteiger partial charge in [0.15, 0.2) is 5.69 Å². The van der Waals surface area contributed by atoms with Gasteiger partial charge in [-0.3, -0.25) is 0 Å². The lowest BCUT2D eigenvalue weighted by Gasteiger charge is -2.10. The molecule has 0 radical (unpaired) electrons. The van der Waals surface area contributed by atoms with Crippen molar-refractivity contribution in [1.82, 2.24) is 14.2 Å². The number of aromatic nitrogens is 3. The molecule has 0 aliphatic heterocycles. The predicted octanol–water partition coefficient (Wildman–Crippen LogP) is 7.67. The fourth-order valence-corrected chi connectivity index (χ4v) is 5.11. The van der Waals surface area contributed by atoms with Crippen molar-refractivity contribution in [3.8, 4) is 23.0 Å². The van der Waals surface area contributed by atoms with Crippen molar-refractivity contribution >= 4 is 43.8 Å².